The van der Waals surface area contributed by atoms with Gasteiger partial charge in [-0.1, -0.05) is 15.9 Å². The zero-order chi connectivity index (χ0) is 16.9. The molecule has 2 aromatic rings. The topological polar surface area (TPSA) is 88.3 Å². The second kappa shape index (κ2) is 5.41. The molecular formula is C16H15BrN4O3. The van der Waals surface area contributed by atoms with Crippen molar-refractivity contribution < 1.29 is 14.0 Å². The van der Waals surface area contributed by atoms with Gasteiger partial charge in [0.05, 0.1) is 0 Å². The number of aromatic nitrogens is 2. The summed E-state index contributed by atoms with van der Waals surface area (Å²) in [6.45, 7) is 1.77. The first-order valence-electron chi connectivity index (χ1n) is 7.70. The Morgan fingerprint density at radius 3 is 2.67 bits per heavy atom. The largest absolute Gasteiger partial charge is 0.419 e. The van der Waals surface area contributed by atoms with Gasteiger partial charge in [0.2, 0.25) is 11.8 Å². The number of rotatable bonds is 4. The van der Waals surface area contributed by atoms with Gasteiger partial charge >= 0.3 is 6.03 Å². The quantitative estimate of drug-likeness (QED) is 0.810. The summed E-state index contributed by atoms with van der Waals surface area (Å²) in [6.07, 6.45) is 1.93. The van der Waals surface area contributed by atoms with Crippen molar-refractivity contribution in [3.05, 3.63) is 34.6 Å². The molecule has 4 rings (SSSR count). The minimum atomic E-state index is -0.800. The number of carbonyl (C=O) groups excluding carboxylic acids is 2. The van der Waals surface area contributed by atoms with E-state index in [0.717, 1.165) is 27.8 Å². The van der Waals surface area contributed by atoms with Gasteiger partial charge in [0, 0.05) is 10.0 Å². The molecule has 1 N–H and O–H groups in total. The van der Waals surface area contributed by atoms with E-state index in [1.807, 2.05) is 24.3 Å². The molecule has 2 aliphatic rings. The van der Waals surface area contributed by atoms with Crippen molar-refractivity contribution in [3.8, 4) is 11.5 Å². The van der Waals surface area contributed by atoms with Gasteiger partial charge in [0.25, 0.3) is 5.91 Å². The monoisotopic (exact) mass is 390 g/mol. The summed E-state index contributed by atoms with van der Waals surface area (Å²) >= 11 is 3.37. The molecule has 24 heavy (non-hydrogen) atoms. The second-order valence-corrected chi connectivity index (χ2v) is 7.22. The van der Waals surface area contributed by atoms with Crippen molar-refractivity contribution in [1.29, 1.82) is 0 Å². The van der Waals surface area contributed by atoms with Crippen molar-refractivity contribution in [1.82, 2.24) is 20.4 Å². The second-order valence-electron chi connectivity index (χ2n) is 6.31. The third-order valence-electron chi connectivity index (χ3n) is 4.55. The molecule has 1 atom stereocenters. The highest BCUT2D eigenvalue weighted by Gasteiger charge is 2.56. The molecule has 3 amide bonds. The molecule has 7 nitrogen and oxygen atoms in total. The zero-order valence-electron chi connectivity index (χ0n) is 13.0. The highest BCUT2D eigenvalue weighted by molar-refractivity contribution is 9.10. The van der Waals surface area contributed by atoms with E-state index in [1.54, 1.807) is 6.92 Å². The highest BCUT2D eigenvalue weighted by atomic mass is 79.9. The molecule has 0 bridgehead atoms. The molecular weight excluding hydrogens is 376 g/mol. The summed E-state index contributed by atoms with van der Waals surface area (Å²) < 4.78 is 6.55. The summed E-state index contributed by atoms with van der Waals surface area (Å²) in [7, 11) is 0. The molecule has 1 aliphatic carbocycles. The standard InChI is InChI=1S/C16H15BrN4O3/c1-16(10-4-5-10)14(22)21(15(23)18-16)8-12-19-20-13(24-12)9-2-6-11(17)7-3-9/h2-3,6-7,10H,4-5,8H2,1H3,(H,18,23)/t16-/m0/s1. The molecule has 1 aliphatic heterocycles. The number of hydrogen-bond acceptors (Lipinski definition) is 5. The van der Waals surface area contributed by atoms with Gasteiger partial charge in [-0.15, -0.1) is 10.2 Å². The Morgan fingerprint density at radius 2 is 2.00 bits per heavy atom. The molecule has 2 fully saturated rings. The van der Waals surface area contributed by atoms with E-state index in [-0.39, 0.29) is 24.3 Å². The van der Waals surface area contributed by atoms with E-state index in [1.165, 1.54) is 0 Å². The van der Waals surface area contributed by atoms with Crippen LogP contribution in [0.15, 0.2) is 33.2 Å². The number of urea groups is 1. The van der Waals surface area contributed by atoms with Crippen LogP contribution in [0.4, 0.5) is 4.79 Å². The Morgan fingerprint density at radius 1 is 1.29 bits per heavy atom. The fourth-order valence-electron chi connectivity index (χ4n) is 2.96. The maximum atomic E-state index is 12.6. The SMILES string of the molecule is C[C@@]1(C2CC2)NC(=O)N(Cc2nnc(-c3ccc(Br)cc3)o2)C1=O. The van der Waals surface area contributed by atoms with E-state index >= 15 is 0 Å². The predicted molar refractivity (Wildman–Crippen MR) is 87.6 cm³/mol. The first kappa shape index (κ1) is 15.3. The number of nitrogens with one attached hydrogen (secondary N) is 1. The van der Waals surface area contributed by atoms with E-state index < -0.39 is 11.6 Å². The molecule has 1 saturated carbocycles. The molecule has 0 unspecified atom stereocenters. The van der Waals surface area contributed by atoms with Crippen LogP contribution >= 0.6 is 15.9 Å². The zero-order valence-corrected chi connectivity index (χ0v) is 14.5. The number of nitrogens with zero attached hydrogens (tertiary/aromatic N) is 3. The van der Waals surface area contributed by atoms with Crippen LogP contribution in [-0.2, 0) is 11.3 Å². The molecule has 1 aromatic carbocycles. The smallest absolute Gasteiger partial charge is 0.325 e. The summed E-state index contributed by atoms with van der Waals surface area (Å²) in [5, 5.41) is 10.7. The maximum absolute atomic E-state index is 12.6. The summed E-state index contributed by atoms with van der Waals surface area (Å²) in [5.74, 6) is 0.587. The van der Waals surface area contributed by atoms with Gasteiger partial charge < -0.3 is 9.73 Å². The fourth-order valence-corrected chi connectivity index (χ4v) is 3.22. The van der Waals surface area contributed by atoms with Crippen molar-refractivity contribution in [2.24, 2.45) is 5.92 Å². The van der Waals surface area contributed by atoms with Gasteiger partial charge in [-0.05, 0) is 49.9 Å². The molecule has 124 valence electrons. The van der Waals surface area contributed by atoms with Crippen LogP contribution in [0, 0.1) is 5.92 Å². The minimum Gasteiger partial charge on any atom is -0.419 e. The van der Waals surface area contributed by atoms with E-state index in [4.69, 9.17) is 4.42 Å². The predicted octanol–water partition coefficient (Wildman–Crippen LogP) is 2.72. The Kier molecular flexibility index (Phi) is 3.45. The first-order chi connectivity index (χ1) is 11.5. The minimum absolute atomic E-state index is 0.0174. The lowest BCUT2D eigenvalue weighted by molar-refractivity contribution is -0.132. The third-order valence-corrected chi connectivity index (χ3v) is 5.08. The summed E-state index contributed by atoms with van der Waals surface area (Å²) in [6, 6.07) is 7.03. The number of halogens is 1. The van der Waals surface area contributed by atoms with Crippen molar-refractivity contribution >= 4 is 27.9 Å². The number of imide groups is 1. The van der Waals surface area contributed by atoms with Gasteiger partial charge in [-0.3, -0.25) is 9.69 Å². The molecule has 8 heteroatoms. The van der Waals surface area contributed by atoms with Crippen molar-refractivity contribution in [2.45, 2.75) is 31.8 Å². The number of amides is 3. The van der Waals surface area contributed by atoms with Crippen LogP contribution in [0.3, 0.4) is 0 Å². The number of benzene rings is 1. The van der Waals surface area contributed by atoms with Crippen LogP contribution < -0.4 is 5.32 Å². The lowest BCUT2D eigenvalue weighted by Crippen LogP contribution is -2.46. The van der Waals surface area contributed by atoms with Gasteiger partial charge in [-0.25, -0.2) is 4.79 Å². The Labute approximate surface area is 146 Å². The molecule has 0 spiro atoms. The van der Waals surface area contributed by atoms with Crippen molar-refractivity contribution in [3.63, 3.8) is 0 Å². The van der Waals surface area contributed by atoms with Crippen molar-refractivity contribution in [2.75, 3.05) is 0 Å². The summed E-state index contributed by atoms with van der Waals surface area (Å²) in [4.78, 5) is 25.9. The lowest BCUT2D eigenvalue weighted by Gasteiger charge is -2.20. The van der Waals surface area contributed by atoms with Crippen LogP contribution in [0.25, 0.3) is 11.5 Å². The lowest BCUT2D eigenvalue weighted by atomic mass is 9.96. The van der Waals surface area contributed by atoms with Crippen LogP contribution in [0.5, 0.6) is 0 Å². The maximum Gasteiger partial charge on any atom is 0.325 e. The fraction of sp³-hybridized carbons (Fsp3) is 0.375. The third kappa shape index (κ3) is 2.50. The van der Waals surface area contributed by atoms with Crippen LogP contribution in [0.2, 0.25) is 0 Å². The molecule has 1 saturated heterocycles. The average Bonchev–Trinajstić information content (AvgIpc) is 3.28. The molecule has 2 heterocycles. The van der Waals surface area contributed by atoms with Gasteiger partial charge in [0.1, 0.15) is 12.1 Å². The normalized spacial score (nSPS) is 23.7. The number of hydrogen-bond donors (Lipinski definition) is 1. The average molecular weight is 391 g/mol. The highest BCUT2D eigenvalue weighted by Crippen LogP contribution is 2.42. The number of carbonyl (C=O) groups is 2. The van der Waals surface area contributed by atoms with E-state index in [9.17, 15) is 9.59 Å². The Bertz CT molecular complexity index is 815. The van der Waals surface area contributed by atoms with E-state index in [2.05, 4.69) is 31.4 Å². The first-order valence-corrected chi connectivity index (χ1v) is 8.49. The molecule has 0 radical (unpaired) electrons. The molecule has 1 aromatic heterocycles. The Balaban J connectivity index is 1.53. The Hall–Kier alpha value is -2.22. The van der Waals surface area contributed by atoms with Gasteiger partial charge in [-0.2, -0.15) is 0 Å². The van der Waals surface area contributed by atoms with Gasteiger partial charge in [0.15, 0.2) is 0 Å². The van der Waals surface area contributed by atoms with Crippen LogP contribution in [0.1, 0.15) is 25.7 Å². The van der Waals surface area contributed by atoms with Crippen LogP contribution in [-0.4, -0.2) is 32.6 Å². The summed E-state index contributed by atoms with van der Waals surface area (Å²) in [5.41, 5.74) is -0.0250. The van der Waals surface area contributed by atoms with E-state index in [0.29, 0.717) is 5.89 Å².